The molecular formula is C14H20BrF2NO. The summed E-state index contributed by atoms with van der Waals surface area (Å²) in [5, 5.41) is 13.5. The highest BCUT2D eigenvalue weighted by atomic mass is 79.9. The van der Waals surface area contributed by atoms with E-state index in [0.717, 1.165) is 6.07 Å². The highest BCUT2D eigenvalue weighted by molar-refractivity contribution is 9.10. The molecule has 1 aromatic carbocycles. The number of rotatable bonds is 4. The Hall–Kier alpha value is -0.520. The van der Waals surface area contributed by atoms with Crippen LogP contribution >= 0.6 is 15.9 Å². The third-order valence-electron chi connectivity index (χ3n) is 2.85. The van der Waals surface area contributed by atoms with Gasteiger partial charge in [-0.25, -0.2) is 8.78 Å². The molecule has 2 N–H and O–H groups in total. The number of hydrogen-bond donors (Lipinski definition) is 2. The summed E-state index contributed by atoms with van der Waals surface area (Å²) in [5.41, 5.74) is -1.96. The average molecular weight is 336 g/mol. The molecule has 19 heavy (non-hydrogen) atoms. The van der Waals surface area contributed by atoms with Gasteiger partial charge in [0.05, 0.1) is 15.6 Å². The molecular weight excluding hydrogens is 316 g/mol. The van der Waals surface area contributed by atoms with Crippen LogP contribution in [0.25, 0.3) is 0 Å². The Morgan fingerprint density at radius 2 is 1.79 bits per heavy atom. The summed E-state index contributed by atoms with van der Waals surface area (Å²) < 4.78 is 27.8. The molecule has 0 saturated heterocycles. The van der Waals surface area contributed by atoms with E-state index in [4.69, 9.17) is 0 Å². The molecule has 1 aromatic rings. The summed E-state index contributed by atoms with van der Waals surface area (Å²) in [4.78, 5) is 0. The van der Waals surface area contributed by atoms with Crippen LogP contribution in [-0.4, -0.2) is 17.2 Å². The van der Waals surface area contributed by atoms with Gasteiger partial charge in [0.25, 0.3) is 0 Å². The van der Waals surface area contributed by atoms with Crippen LogP contribution in [0.2, 0.25) is 0 Å². The van der Waals surface area contributed by atoms with Crippen LogP contribution in [0.15, 0.2) is 16.6 Å². The predicted octanol–water partition coefficient (Wildman–Crippen LogP) is 3.71. The summed E-state index contributed by atoms with van der Waals surface area (Å²) in [6.07, 6.45) is 0.217. The van der Waals surface area contributed by atoms with Gasteiger partial charge < -0.3 is 10.4 Å². The van der Waals surface area contributed by atoms with Gasteiger partial charge in [0.2, 0.25) is 0 Å². The SMILES string of the molecule is CC(C)(C)NCCC(C)(O)c1c(F)ccc(Br)c1F. The minimum atomic E-state index is -1.56. The van der Waals surface area contributed by atoms with E-state index in [0.29, 0.717) is 6.54 Å². The van der Waals surface area contributed by atoms with Crippen molar-refractivity contribution in [3.8, 4) is 0 Å². The molecule has 0 aliphatic heterocycles. The van der Waals surface area contributed by atoms with Crippen molar-refractivity contribution in [1.29, 1.82) is 0 Å². The quantitative estimate of drug-likeness (QED) is 0.822. The number of hydrogen-bond acceptors (Lipinski definition) is 2. The van der Waals surface area contributed by atoms with Crippen LogP contribution in [0.3, 0.4) is 0 Å². The van der Waals surface area contributed by atoms with E-state index >= 15 is 0 Å². The lowest BCUT2D eigenvalue weighted by atomic mass is 9.91. The third kappa shape index (κ3) is 4.51. The Kier molecular flexibility index (Phi) is 5.09. The molecule has 108 valence electrons. The van der Waals surface area contributed by atoms with E-state index in [9.17, 15) is 13.9 Å². The van der Waals surface area contributed by atoms with Crippen LogP contribution in [0.5, 0.6) is 0 Å². The van der Waals surface area contributed by atoms with E-state index in [1.165, 1.54) is 13.0 Å². The summed E-state index contributed by atoms with van der Waals surface area (Å²) in [5.74, 6) is -1.48. The third-order valence-corrected chi connectivity index (χ3v) is 3.46. The van der Waals surface area contributed by atoms with E-state index in [1.807, 2.05) is 20.8 Å². The standard InChI is InChI=1S/C14H20BrF2NO/c1-13(2,3)18-8-7-14(4,19)11-10(16)6-5-9(15)12(11)17/h5-6,18-19H,7-8H2,1-4H3. The van der Waals surface area contributed by atoms with E-state index in [1.54, 1.807) is 0 Å². The van der Waals surface area contributed by atoms with Crippen molar-refractivity contribution < 1.29 is 13.9 Å². The Labute approximate surface area is 121 Å². The molecule has 1 unspecified atom stereocenters. The van der Waals surface area contributed by atoms with Gasteiger partial charge in [-0.3, -0.25) is 0 Å². The van der Waals surface area contributed by atoms with Gasteiger partial charge in [0.15, 0.2) is 0 Å². The highest BCUT2D eigenvalue weighted by Gasteiger charge is 2.31. The minimum absolute atomic E-state index is 0.107. The fourth-order valence-electron chi connectivity index (χ4n) is 1.83. The lowest BCUT2D eigenvalue weighted by Gasteiger charge is -2.28. The Morgan fingerprint density at radius 3 is 2.32 bits per heavy atom. The zero-order valence-electron chi connectivity index (χ0n) is 11.7. The monoisotopic (exact) mass is 335 g/mol. The molecule has 0 spiro atoms. The zero-order chi connectivity index (χ0) is 14.8. The summed E-state index contributed by atoms with van der Waals surface area (Å²) >= 11 is 3.00. The average Bonchev–Trinajstić information content (AvgIpc) is 2.21. The number of halogens is 3. The van der Waals surface area contributed by atoms with Crippen molar-refractivity contribution in [2.24, 2.45) is 0 Å². The molecule has 0 amide bonds. The second kappa shape index (κ2) is 5.85. The molecule has 5 heteroatoms. The second-order valence-electron chi connectivity index (χ2n) is 5.92. The van der Waals surface area contributed by atoms with Crippen LogP contribution in [0.1, 0.15) is 39.7 Å². The van der Waals surface area contributed by atoms with Crippen molar-refractivity contribution >= 4 is 15.9 Å². The topological polar surface area (TPSA) is 32.3 Å². The zero-order valence-corrected chi connectivity index (χ0v) is 13.2. The van der Waals surface area contributed by atoms with E-state index in [2.05, 4.69) is 21.2 Å². The van der Waals surface area contributed by atoms with Gasteiger partial charge in [0.1, 0.15) is 11.6 Å². The molecule has 0 saturated carbocycles. The lowest BCUT2D eigenvalue weighted by molar-refractivity contribution is 0.0388. The number of nitrogens with one attached hydrogen (secondary N) is 1. The van der Waals surface area contributed by atoms with Gasteiger partial charge in [-0.15, -0.1) is 0 Å². The first-order valence-corrected chi connectivity index (χ1v) is 6.95. The number of aliphatic hydroxyl groups is 1. The molecule has 0 aromatic heterocycles. The Morgan fingerprint density at radius 1 is 1.21 bits per heavy atom. The van der Waals surface area contributed by atoms with Crippen LogP contribution in [0.4, 0.5) is 8.78 Å². The minimum Gasteiger partial charge on any atom is -0.385 e. The fourth-order valence-corrected chi connectivity index (χ4v) is 2.16. The van der Waals surface area contributed by atoms with Gasteiger partial charge in [0, 0.05) is 5.54 Å². The molecule has 0 radical (unpaired) electrons. The van der Waals surface area contributed by atoms with Crippen LogP contribution < -0.4 is 5.32 Å². The Bertz CT molecular complexity index is 455. The van der Waals surface area contributed by atoms with Gasteiger partial charge in [-0.1, -0.05) is 0 Å². The first kappa shape index (κ1) is 16.5. The van der Waals surface area contributed by atoms with E-state index in [-0.39, 0.29) is 22.0 Å². The first-order valence-electron chi connectivity index (χ1n) is 6.16. The second-order valence-corrected chi connectivity index (χ2v) is 6.77. The highest BCUT2D eigenvalue weighted by Crippen LogP contribution is 2.32. The van der Waals surface area contributed by atoms with Gasteiger partial charge >= 0.3 is 0 Å². The predicted molar refractivity (Wildman–Crippen MR) is 76.0 cm³/mol. The molecule has 0 heterocycles. The lowest BCUT2D eigenvalue weighted by Crippen LogP contribution is -2.39. The molecule has 2 nitrogen and oxygen atoms in total. The summed E-state index contributed by atoms with van der Waals surface area (Å²) in [6.45, 7) is 7.85. The normalized spacial score (nSPS) is 15.4. The fraction of sp³-hybridized carbons (Fsp3) is 0.571. The molecule has 0 aliphatic carbocycles. The van der Waals surface area contributed by atoms with Crippen molar-refractivity contribution in [2.75, 3.05) is 6.54 Å². The molecule has 1 rings (SSSR count). The maximum absolute atomic E-state index is 14.0. The van der Waals surface area contributed by atoms with Crippen molar-refractivity contribution in [3.63, 3.8) is 0 Å². The Balaban J connectivity index is 2.91. The first-order chi connectivity index (χ1) is 8.54. The molecule has 0 fully saturated rings. The largest absolute Gasteiger partial charge is 0.385 e. The maximum Gasteiger partial charge on any atom is 0.146 e. The molecule has 0 aliphatic rings. The summed E-state index contributed by atoms with van der Waals surface area (Å²) in [6, 6.07) is 2.44. The van der Waals surface area contributed by atoms with Crippen molar-refractivity contribution in [1.82, 2.24) is 5.32 Å². The van der Waals surface area contributed by atoms with E-state index < -0.39 is 17.2 Å². The molecule has 1 atom stereocenters. The summed E-state index contributed by atoms with van der Waals surface area (Å²) in [7, 11) is 0. The maximum atomic E-state index is 14.0. The van der Waals surface area contributed by atoms with Gasteiger partial charge in [-0.05, 0) is 68.7 Å². The number of benzene rings is 1. The smallest absolute Gasteiger partial charge is 0.146 e. The van der Waals surface area contributed by atoms with Crippen molar-refractivity contribution in [3.05, 3.63) is 33.8 Å². The van der Waals surface area contributed by atoms with Gasteiger partial charge in [-0.2, -0.15) is 0 Å². The van der Waals surface area contributed by atoms with Crippen LogP contribution in [-0.2, 0) is 5.60 Å². The van der Waals surface area contributed by atoms with Crippen LogP contribution in [0, 0.1) is 11.6 Å². The van der Waals surface area contributed by atoms with Crippen molar-refractivity contribution in [2.45, 2.75) is 45.3 Å². The molecule has 0 bridgehead atoms.